The summed E-state index contributed by atoms with van der Waals surface area (Å²) in [6.07, 6.45) is -0.523. The lowest BCUT2D eigenvalue weighted by Crippen LogP contribution is -2.50. The van der Waals surface area contributed by atoms with Crippen molar-refractivity contribution >= 4 is 30.1 Å². The molecule has 0 aliphatic carbocycles. The molecule has 1 rings (SSSR count). The Kier molecular flexibility index (Phi) is 9.68. The lowest BCUT2D eigenvalue weighted by atomic mass is 10.0. The van der Waals surface area contributed by atoms with Crippen molar-refractivity contribution in [1.82, 2.24) is 10.2 Å². The maximum atomic E-state index is 12.2. The third kappa shape index (κ3) is 8.75. The van der Waals surface area contributed by atoms with E-state index in [4.69, 9.17) is 5.73 Å². The largest absolute Gasteiger partial charge is 0.401 e. The lowest BCUT2D eigenvalue weighted by Gasteiger charge is -2.33. The molecule has 21 heavy (non-hydrogen) atoms. The van der Waals surface area contributed by atoms with Crippen LogP contribution in [0.25, 0.3) is 0 Å². The Labute approximate surface area is 133 Å². The fraction of sp³-hybridized carbons (Fsp3) is 0.917. The van der Waals surface area contributed by atoms with Gasteiger partial charge in [-0.2, -0.15) is 24.9 Å². The van der Waals surface area contributed by atoms with Crippen molar-refractivity contribution in [2.75, 3.05) is 31.6 Å². The summed E-state index contributed by atoms with van der Waals surface area (Å²) in [6.45, 7) is -0.171. The standard InChI is InChI=1S/C12H22F3N3OS.ClH/c1-20-7-4-10(16)11(19)17-9-2-5-18(6-3-9)8-12(13,14)15;/h9-10H,2-8,16H2,1H3,(H,17,19);1H/t10-;/m0./s1. The van der Waals surface area contributed by atoms with E-state index in [0.717, 1.165) is 5.75 Å². The van der Waals surface area contributed by atoms with Gasteiger partial charge in [0.15, 0.2) is 0 Å². The molecule has 1 fully saturated rings. The number of carbonyl (C=O) groups is 1. The van der Waals surface area contributed by atoms with Crippen LogP contribution >= 0.6 is 24.2 Å². The molecule has 3 N–H and O–H groups in total. The Morgan fingerprint density at radius 1 is 1.43 bits per heavy atom. The fourth-order valence-electron chi connectivity index (χ4n) is 2.17. The Balaban J connectivity index is 0.00000400. The van der Waals surface area contributed by atoms with Gasteiger partial charge in [-0.25, -0.2) is 0 Å². The molecule has 126 valence electrons. The quantitative estimate of drug-likeness (QED) is 0.765. The molecule has 0 unspecified atom stereocenters. The van der Waals surface area contributed by atoms with Crippen molar-refractivity contribution in [3.05, 3.63) is 0 Å². The van der Waals surface area contributed by atoms with E-state index in [0.29, 0.717) is 32.4 Å². The minimum absolute atomic E-state index is 0. The molecule has 1 heterocycles. The number of nitrogens with zero attached hydrogens (tertiary/aromatic N) is 1. The van der Waals surface area contributed by atoms with Crippen molar-refractivity contribution in [3.8, 4) is 0 Å². The minimum Gasteiger partial charge on any atom is -0.352 e. The van der Waals surface area contributed by atoms with Gasteiger partial charge in [0.25, 0.3) is 0 Å². The smallest absolute Gasteiger partial charge is 0.352 e. The second-order valence-electron chi connectivity index (χ2n) is 5.06. The first-order valence-corrected chi connectivity index (χ1v) is 8.05. The van der Waals surface area contributed by atoms with Crippen LogP contribution in [-0.2, 0) is 4.79 Å². The number of thioether (sulfide) groups is 1. The summed E-state index contributed by atoms with van der Waals surface area (Å²) < 4.78 is 36.7. The van der Waals surface area contributed by atoms with Gasteiger partial charge in [-0.15, -0.1) is 12.4 Å². The zero-order valence-electron chi connectivity index (χ0n) is 12.0. The zero-order valence-corrected chi connectivity index (χ0v) is 13.6. The number of hydrogen-bond donors (Lipinski definition) is 2. The molecular weight excluding hydrogens is 327 g/mol. The first kappa shape index (κ1) is 20.8. The molecule has 0 spiro atoms. The van der Waals surface area contributed by atoms with Crippen LogP contribution in [0.4, 0.5) is 13.2 Å². The van der Waals surface area contributed by atoms with Gasteiger partial charge >= 0.3 is 6.18 Å². The number of hydrogen-bond acceptors (Lipinski definition) is 4. The molecule has 0 aromatic carbocycles. The molecule has 0 bridgehead atoms. The molecule has 1 saturated heterocycles. The number of halogens is 4. The average molecular weight is 350 g/mol. The second-order valence-corrected chi connectivity index (χ2v) is 6.05. The van der Waals surface area contributed by atoms with Crippen LogP contribution in [0.2, 0.25) is 0 Å². The Bertz CT molecular complexity index is 313. The first-order valence-electron chi connectivity index (χ1n) is 6.66. The van der Waals surface area contributed by atoms with Crippen LogP contribution in [0.15, 0.2) is 0 Å². The molecule has 1 atom stereocenters. The molecule has 0 saturated carbocycles. The van der Waals surface area contributed by atoms with Gasteiger partial charge in [-0.05, 0) is 31.3 Å². The van der Waals surface area contributed by atoms with E-state index in [-0.39, 0.29) is 24.4 Å². The predicted octanol–water partition coefficient (Wildman–Crippen LogP) is 1.63. The summed E-state index contributed by atoms with van der Waals surface area (Å²) in [5.74, 6) is 0.617. The maximum absolute atomic E-state index is 12.2. The maximum Gasteiger partial charge on any atom is 0.401 e. The van der Waals surface area contributed by atoms with Crippen molar-refractivity contribution in [1.29, 1.82) is 0 Å². The highest BCUT2D eigenvalue weighted by Gasteiger charge is 2.32. The van der Waals surface area contributed by atoms with E-state index in [1.54, 1.807) is 11.8 Å². The first-order chi connectivity index (χ1) is 9.31. The van der Waals surface area contributed by atoms with Crippen LogP contribution < -0.4 is 11.1 Å². The number of piperidine rings is 1. The van der Waals surface area contributed by atoms with Crippen LogP contribution in [-0.4, -0.2) is 60.7 Å². The van der Waals surface area contributed by atoms with Crippen LogP contribution in [0.3, 0.4) is 0 Å². The molecule has 0 aromatic heterocycles. The van der Waals surface area contributed by atoms with Crippen LogP contribution in [0.5, 0.6) is 0 Å². The van der Waals surface area contributed by atoms with Crippen LogP contribution in [0, 0.1) is 0 Å². The van der Waals surface area contributed by atoms with Gasteiger partial charge in [0.1, 0.15) is 0 Å². The summed E-state index contributed by atoms with van der Waals surface area (Å²) in [5.41, 5.74) is 5.75. The van der Waals surface area contributed by atoms with Crippen molar-refractivity contribution in [3.63, 3.8) is 0 Å². The molecule has 4 nitrogen and oxygen atoms in total. The van der Waals surface area contributed by atoms with Crippen LogP contribution in [0.1, 0.15) is 19.3 Å². The highest BCUT2D eigenvalue weighted by Crippen LogP contribution is 2.19. The molecule has 0 radical (unpaired) electrons. The number of likely N-dealkylation sites (tertiary alicyclic amines) is 1. The molecular formula is C12H23ClF3N3OS. The Morgan fingerprint density at radius 3 is 2.48 bits per heavy atom. The van der Waals surface area contributed by atoms with Crippen molar-refractivity contribution in [2.45, 2.75) is 37.5 Å². The summed E-state index contributed by atoms with van der Waals surface area (Å²) in [7, 11) is 0. The minimum atomic E-state index is -4.16. The third-order valence-electron chi connectivity index (χ3n) is 3.31. The molecule has 9 heteroatoms. The summed E-state index contributed by atoms with van der Waals surface area (Å²) >= 11 is 1.63. The molecule has 1 amide bonds. The predicted molar refractivity (Wildman–Crippen MR) is 81.9 cm³/mol. The SMILES string of the molecule is CSCC[C@H](N)C(=O)NC1CCN(CC(F)(F)F)CC1.Cl. The van der Waals surface area contributed by atoms with E-state index in [2.05, 4.69) is 5.32 Å². The highest BCUT2D eigenvalue weighted by atomic mass is 35.5. The summed E-state index contributed by atoms with van der Waals surface area (Å²) in [5, 5.41) is 2.83. The van der Waals surface area contributed by atoms with Gasteiger partial charge < -0.3 is 11.1 Å². The van der Waals surface area contributed by atoms with Gasteiger partial charge in [0.05, 0.1) is 12.6 Å². The van der Waals surface area contributed by atoms with Gasteiger partial charge in [-0.3, -0.25) is 9.69 Å². The monoisotopic (exact) mass is 349 g/mol. The highest BCUT2D eigenvalue weighted by molar-refractivity contribution is 7.98. The second kappa shape index (κ2) is 9.76. The Morgan fingerprint density at radius 2 is 2.00 bits per heavy atom. The van der Waals surface area contributed by atoms with E-state index in [1.165, 1.54) is 4.90 Å². The lowest BCUT2D eigenvalue weighted by molar-refractivity contribution is -0.148. The van der Waals surface area contributed by atoms with E-state index >= 15 is 0 Å². The number of carbonyl (C=O) groups excluding carboxylic acids is 1. The number of rotatable bonds is 6. The topological polar surface area (TPSA) is 58.4 Å². The number of nitrogens with one attached hydrogen (secondary N) is 1. The normalized spacial score (nSPS) is 18.9. The number of alkyl halides is 3. The fourth-order valence-corrected chi connectivity index (χ4v) is 2.66. The van der Waals surface area contributed by atoms with Gasteiger partial charge in [-0.1, -0.05) is 0 Å². The number of amides is 1. The third-order valence-corrected chi connectivity index (χ3v) is 3.95. The summed E-state index contributed by atoms with van der Waals surface area (Å²) in [4.78, 5) is 13.2. The van der Waals surface area contributed by atoms with Gasteiger partial charge in [0, 0.05) is 19.1 Å². The van der Waals surface area contributed by atoms with E-state index < -0.39 is 18.8 Å². The molecule has 1 aliphatic rings. The Hall–Kier alpha value is -0.180. The van der Waals surface area contributed by atoms with Crippen molar-refractivity contribution < 1.29 is 18.0 Å². The van der Waals surface area contributed by atoms with E-state index in [1.807, 2.05) is 6.26 Å². The van der Waals surface area contributed by atoms with E-state index in [9.17, 15) is 18.0 Å². The molecule has 1 aliphatic heterocycles. The number of nitrogens with two attached hydrogens (primary N) is 1. The van der Waals surface area contributed by atoms with Crippen molar-refractivity contribution in [2.24, 2.45) is 5.73 Å². The molecule has 0 aromatic rings. The summed E-state index contributed by atoms with van der Waals surface area (Å²) in [6, 6.07) is -0.594. The van der Waals surface area contributed by atoms with Gasteiger partial charge in [0.2, 0.25) is 5.91 Å². The zero-order chi connectivity index (χ0) is 15.2. The average Bonchev–Trinajstić information content (AvgIpc) is 2.36.